The van der Waals surface area contributed by atoms with E-state index in [1.807, 2.05) is 73.6 Å². The van der Waals surface area contributed by atoms with Gasteiger partial charge < -0.3 is 14.6 Å². The van der Waals surface area contributed by atoms with Gasteiger partial charge in [0.05, 0.1) is 17.9 Å². The molecule has 0 unspecified atom stereocenters. The summed E-state index contributed by atoms with van der Waals surface area (Å²) >= 11 is 9.43. The predicted molar refractivity (Wildman–Crippen MR) is 120 cm³/mol. The lowest BCUT2D eigenvalue weighted by Crippen LogP contribution is -2.20. The van der Waals surface area contributed by atoms with Gasteiger partial charge in [-0.1, -0.05) is 51.8 Å². The Hall–Kier alpha value is -1.92. The van der Waals surface area contributed by atoms with Gasteiger partial charge in [-0.2, -0.15) is 0 Å². The second-order valence-electron chi connectivity index (χ2n) is 6.77. The van der Waals surface area contributed by atoms with Gasteiger partial charge in [0.1, 0.15) is 6.61 Å². The Morgan fingerprint density at radius 1 is 1.18 bits per heavy atom. The number of ether oxygens (including phenoxy) is 1. The number of carbonyl (C=O) groups excluding carboxylic acids is 1. The number of hydrogen-bond acceptors (Lipinski definition) is 3. The van der Waals surface area contributed by atoms with Gasteiger partial charge in [0.15, 0.2) is 5.78 Å². The van der Waals surface area contributed by atoms with Crippen molar-refractivity contribution in [1.29, 1.82) is 0 Å². The molecule has 0 amide bonds. The molecule has 1 aromatic heterocycles. The maximum Gasteiger partial charge on any atom is 0.191 e. The van der Waals surface area contributed by atoms with Gasteiger partial charge in [-0.25, -0.2) is 0 Å². The van der Waals surface area contributed by atoms with Gasteiger partial charge in [-0.15, -0.1) is 0 Å². The molecule has 0 radical (unpaired) electrons. The molecule has 0 bridgehead atoms. The molecule has 0 aliphatic rings. The van der Waals surface area contributed by atoms with E-state index in [1.54, 1.807) is 0 Å². The average molecular weight is 462 g/mol. The molecule has 0 saturated heterocycles. The summed E-state index contributed by atoms with van der Waals surface area (Å²) < 4.78 is 6.53. The van der Waals surface area contributed by atoms with Crippen LogP contribution in [0.3, 0.4) is 0 Å². The molecular weight excluding hydrogens is 440 g/mol. The number of ketones is 1. The van der Waals surface area contributed by atoms with Crippen molar-refractivity contribution in [3.63, 3.8) is 0 Å². The lowest BCUT2D eigenvalue weighted by molar-refractivity contribution is 0.0731. The summed E-state index contributed by atoms with van der Waals surface area (Å²) in [6, 6.07) is 13.4. The fraction of sp³-hybridized carbons (Fsp3) is 0.227. The number of H-pyrrole nitrogens is 1. The van der Waals surface area contributed by atoms with Gasteiger partial charge in [-0.05, 0) is 50.0 Å². The lowest BCUT2D eigenvalue weighted by atomic mass is 10.1. The molecule has 1 N–H and O–H groups in total. The van der Waals surface area contributed by atoms with Crippen LogP contribution in [0.2, 0.25) is 5.02 Å². The third-order valence-electron chi connectivity index (χ3n) is 4.30. The van der Waals surface area contributed by atoms with Crippen LogP contribution < -0.4 is 0 Å². The molecule has 2 aromatic carbocycles. The third-order valence-corrected chi connectivity index (χ3v) is 5.04. The smallest absolute Gasteiger partial charge is 0.191 e. The standard InChI is InChI=1S/C22H22BrClN2O2/c1-26(2)11-12-28-14-21(27)22-18-9-6-16(23)13-20(18)25-19(22)10-5-15-3-7-17(24)8-4-15/h3-10,13,25H,11-12,14H2,1-2H3/b10-5+. The fourth-order valence-electron chi connectivity index (χ4n) is 2.85. The SMILES string of the molecule is CN(C)CCOCC(=O)c1c(/C=C/c2ccc(Cl)cc2)[nH]c2cc(Br)ccc12. The zero-order valence-corrected chi connectivity index (χ0v) is 18.2. The number of aromatic amines is 1. The van der Waals surface area contributed by atoms with Crippen molar-refractivity contribution < 1.29 is 9.53 Å². The molecule has 0 aliphatic heterocycles. The third kappa shape index (κ3) is 5.32. The number of hydrogen-bond donors (Lipinski definition) is 1. The summed E-state index contributed by atoms with van der Waals surface area (Å²) in [6.45, 7) is 1.35. The molecule has 3 aromatic rings. The van der Waals surface area contributed by atoms with Crippen LogP contribution in [-0.4, -0.2) is 49.5 Å². The molecule has 0 fully saturated rings. The number of nitrogens with one attached hydrogen (secondary N) is 1. The number of halogens is 2. The van der Waals surface area contributed by atoms with Gasteiger partial charge in [-0.3, -0.25) is 4.79 Å². The topological polar surface area (TPSA) is 45.3 Å². The molecule has 3 rings (SSSR count). The van der Waals surface area contributed by atoms with E-state index in [4.69, 9.17) is 16.3 Å². The number of benzene rings is 2. The van der Waals surface area contributed by atoms with Gasteiger partial charge in [0, 0.05) is 26.9 Å². The second-order valence-corrected chi connectivity index (χ2v) is 8.12. The Kier molecular flexibility index (Phi) is 7.08. The molecule has 146 valence electrons. The quantitative estimate of drug-likeness (QED) is 0.355. The predicted octanol–water partition coefficient (Wildman–Crippen LogP) is 5.52. The number of fused-ring (bicyclic) bond motifs is 1. The largest absolute Gasteiger partial charge is 0.372 e. The van der Waals surface area contributed by atoms with Crippen LogP contribution in [0.15, 0.2) is 46.9 Å². The molecule has 0 saturated carbocycles. The van der Waals surface area contributed by atoms with E-state index in [1.165, 1.54) is 0 Å². The van der Waals surface area contributed by atoms with E-state index < -0.39 is 0 Å². The molecule has 1 heterocycles. The molecule has 0 spiro atoms. The van der Waals surface area contributed by atoms with E-state index in [2.05, 4.69) is 20.9 Å². The number of aromatic nitrogens is 1. The lowest BCUT2D eigenvalue weighted by Gasteiger charge is -2.09. The van der Waals surface area contributed by atoms with E-state index in [9.17, 15) is 4.79 Å². The maximum atomic E-state index is 12.9. The first-order chi connectivity index (χ1) is 13.4. The highest BCUT2D eigenvalue weighted by Gasteiger charge is 2.17. The first-order valence-corrected chi connectivity index (χ1v) is 10.1. The number of nitrogens with zero attached hydrogens (tertiary/aromatic N) is 1. The Morgan fingerprint density at radius 3 is 2.64 bits per heavy atom. The van der Waals surface area contributed by atoms with Gasteiger partial charge in [0.2, 0.25) is 0 Å². The minimum Gasteiger partial charge on any atom is -0.372 e. The van der Waals surface area contributed by atoms with Crippen molar-refractivity contribution in [3.05, 3.63) is 68.8 Å². The maximum absolute atomic E-state index is 12.9. The van der Waals surface area contributed by atoms with Crippen molar-refractivity contribution in [2.75, 3.05) is 33.9 Å². The zero-order chi connectivity index (χ0) is 20.1. The van der Waals surface area contributed by atoms with Crippen molar-refractivity contribution in [3.8, 4) is 0 Å². The van der Waals surface area contributed by atoms with Crippen molar-refractivity contribution in [2.45, 2.75) is 0 Å². The monoisotopic (exact) mass is 460 g/mol. The van der Waals surface area contributed by atoms with Crippen LogP contribution in [0.25, 0.3) is 23.1 Å². The van der Waals surface area contributed by atoms with Crippen LogP contribution in [0.5, 0.6) is 0 Å². The number of Topliss-reactive ketones (excluding diaryl/α,β-unsaturated/α-hetero) is 1. The summed E-state index contributed by atoms with van der Waals surface area (Å²) in [5, 5.41) is 1.58. The highest BCUT2D eigenvalue weighted by molar-refractivity contribution is 9.10. The first-order valence-electron chi connectivity index (χ1n) is 8.94. The van der Waals surface area contributed by atoms with Crippen LogP contribution >= 0.6 is 27.5 Å². The minimum absolute atomic E-state index is 0.0388. The normalized spacial score (nSPS) is 11.8. The van der Waals surface area contributed by atoms with Crippen molar-refractivity contribution >= 4 is 56.4 Å². The molecule has 4 nitrogen and oxygen atoms in total. The van der Waals surface area contributed by atoms with Gasteiger partial charge in [0.25, 0.3) is 0 Å². The number of rotatable bonds is 8. The molecule has 0 atom stereocenters. The molecule has 0 aliphatic carbocycles. The van der Waals surface area contributed by atoms with Crippen LogP contribution in [-0.2, 0) is 4.74 Å². The van der Waals surface area contributed by atoms with Crippen LogP contribution in [0.1, 0.15) is 21.6 Å². The summed E-state index contributed by atoms with van der Waals surface area (Å²) in [4.78, 5) is 18.3. The summed E-state index contributed by atoms with van der Waals surface area (Å²) in [6.07, 6.45) is 3.88. The van der Waals surface area contributed by atoms with Crippen molar-refractivity contribution in [1.82, 2.24) is 9.88 Å². The summed E-state index contributed by atoms with van der Waals surface area (Å²) in [7, 11) is 3.95. The summed E-state index contributed by atoms with van der Waals surface area (Å²) in [5.74, 6) is -0.0388. The van der Waals surface area contributed by atoms with Crippen molar-refractivity contribution in [2.24, 2.45) is 0 Å². The second kappa shape index (κ2) is 9.52. The van der Waals surface area contributed by atoms with E-state index in [0.29, 0.717) is 17.2 Å². The zero-order valence-electron chi connectivity index (χ0n) is 15.8. The molecule has 6 heteroatoms. The highest BCUT2D eigenvalue weighted by atomic mass is 79.9. The van der Waals surface area contributed by atoms with Gasteiger partial charge >= 0.3 is 0 Å². The molecular formula is C22H22BrClN2O2. The molecule has 28 heavy (non-hydrogen) atoms. The Balaban J connectivity index is 1.89. The summed E-state index contributed by atoms with van der Waals surface area (Å²) in [5.41, 5.74) is 3.33. The average Bonchev–Trinajstić information content (AvgIpc) is 3.02. The van der Waals surface area contributed by atoms with E-state index in [0.717, 1.165) is 33.2 Å². The Bertz CT molecular complexity index is 994. The van der Waals surface area contributed by atoms with E-state index >= 15 is 0 Å². The number of likely N-dealkylation sites (N-methyl/N-ethyl adjacent to an activating group) is 1. The Labute approximate surface area is 178 Å². The minimum atomic E-state index is -0.0388. The van der Waals surface area contributed by atoms with Crippen LogP contribution in [0.4, 0.5) is 0 Å². The highest BCUT2D eigenvalue weighted by Crippen LogP contribution is 2.27. The van der Waals surface area contributed by atoms with E-state index in [-0.39, 0.29) is 12.4 Å². The Morgan fingerprint density at radius 2 is 1.93 bits per heavy atom. The van der Waals surface area contributed by atoms with Crippen LogP contribution in [0, 0.1) is 0 Å². The number of carbonyl (C=O) groups is 1. The first kappa shape index (κ1) is 20.8. The fourth-order valence-corrected chi connectivity index (χ4v) is 3.34.